The molecule has 6 nitrogen and oxygen atoms in total. The van der Waals surface area contributed by atoms with Crippen molar-refractivity contribution in [2.45, 2.75) is 64.9 Å². The van der Waals surface area contributed by atoms with Crippen LogP contribution in [-0.2, 0) is 15.9 Å². The van der Waals surface area contributed by atoms with Gasteiger partial charge in [-0.05, 0) is 47.8 Å². The molecule has 4 unspecified atom stereocenters. The fourth-order valence-corrected chi connectivity index (χ4v) is 2.61. The quantitative estimate of drug-likeness (QED) is 0.651. The molecule has 3 rings (SSSR count). The molecule has 1 saturated heterocycles. The Kier molecular flexibility index (Phi) is 2.27. The van der Waals surface area contributed by atoms with E-state index in [2.05, 4.69) is 0 Å². The molecule has 5 atom stereocenters. The number of methoxy groups -OCH3 is 2. The van der Waals surface area contributed by atoms with Crippen LogP contribution in [0.1, 0.15) is 90.4 Å². The van der Waals surface area contributed by atoms with Crippen LogP contribution in [0.2, 0.25) is 0 Å². The molecule has 30 heavy (non-hydrogen) atoms. The maximum Gasteiger partial charge on any atom is 0.323 e. The lowest BCUT2D eigenvalue weighted by molar-refractivity contribution is -0.160. The summed E-state index contributed by atoms with van der Waals surface area (Å²) in [5.41, 5.74) is 2.65. The number of ether oxygens (including phenoxy) is 3. The normalized spacial score (nSPS) is 52.0. The summed E-state index contributed by atoms with van der Waals surface area (Å²) < 4.78 is 219. The number of hydrogen-bond acceptors (Lipinski definition) is 6. The average molecular weight is 443 g/mol. The third-order valence-corrected chi connectivity index (χ3v) is 4.20. The maximum atomic E-state index is 13.4. The summed E-state index contributed by atoms with van der Waals surface area (Å²) in [6.45, 7) is -9.57. The Balaban J connectivity index is 2.78. The van der Waals surface area contributed by atoms with Crippen molar-refractivity contribution in [3.05, 3.63) is 23.2 Å². The molecule has 1 aromatic rings. The second-order valence-corrected chi connectivity index (χ2v) is 6.79. The molecule has 1 aromatic carbocycles. The third-order valence-electron chi connectivity index (χ3n) is 4.20. The first-order valence-corrected chi connectivity index (χ1v) is 8.82. The predicted molar refractivity (Wildman–Crippen MR) is 118 cm³/mol. The number of benzene rings is 1. The minimum atomic E-state index is -4.51. The van der Waals surface area contributed by atoms with Crippen LogP contribution in [0.5, 0.6) is 11.5 Å². The minimum Gasteiger partial charge on any atom is -0.493 e. The maximum absolute atomic E-state index is 13.4. The van der Waals surface area contributed by atoms with E-state index in [9.17, 15) is 13.0 Å². The summed E-state index contributed by atoms with van der Waals surface area (Å²) in [7, 11) is -7.27. The fourth-order valence-electron chi connectivity index (χ4n) is 2.61. The molecule has 6 heteroatoms. The number of fused-ring (bicyclic) bond motifs is 3. The summed E-state index contributed by atoms with van der Waals surface area (Å²) in [5.74, 6) is -13.7. The number of carbonyl (C=O) groups excluding carboxylic acids is 1. The van der Waals surface area contributed by atoms with Crippen LogP contribution in [0.3, 0.4) is 0 Å². The Bertz CT molecular complexity index is 1670. The number of piperidine rings is 1. The van der Waals surface area contributed by atoms with Gasteiger partial charge in [0.05, 0.1) is 26.4 Å². The van der Waals surface area contributed by atoms with Gasteiger partial charge < -0.3 is 19.9 Å². The zero-order valence-corrected chi connectivity index (χ0v) is 16.4. The van der Waals surface area contributed by atoms with Gasteiger partial charge in [0.2, 0.25) is 0 Å². The minimum absolute atomic E-state index is 0.363. The van der Waals surface area contributed by atoms with Crippen molar-refractivity contribution in [3.63, 3.8) is 0 Å². The van der Waals surface area contributed by atoms with E-state index in [4.69, 9.17) is 44.6 Å². The monoisotopic (exact) mass is 442 g/mol. The first kappa shape index (κ1) is 7.11. The lowest BCUT2D eigenvalue weighted by Crippen LogP contribution is -2.51. The molecule has 0 spiro atoms. The highest BCUT2D eigenvalue weighted by Crippen LogP contribution is 2.44. The van der Waals surface area contributed by atoms with E-state index in [1.54, 1.807) is 0 Å². The van der Waals surface area contributed by atoms with Gasteiger partial charge in [0.1, 0.15) is 12.1 Å². The summed E-state index contributed by atoms with van der Waals surface area (Å²) in [4.78, 5) is 12.7. The average Bonchev–Trinajstić information content (AvgIpc) is 2.94. The Morgan fingerprint density at radius 3 is 2.83 bits per heavy atom. The second kappa shape index (κ2) is 9.56. The van der Waals surface area contributed by atoms with Crippen molar-refractivity contribution in [2.24, 2.45) is 23.4 Å². The number of rotatable bonds is 7. The Hall–Kier alpha value is -1.79. The lowest BCUT2D eigenvalue weighted by atomic mass is 9.79. The molecule has 0 aliphatic carbocycles. The first-order valence-electron chi connectivity index (χ1n) is 20.8. The number of carbonyl (C=O) groups is 1. The Morgan fingerprint density at radius 2 is 2.17 bits per heavy atom. The van der Waals surface area contributed by atoms with Gasteiger partial charge in [0.15, 0.2) is 11.5 Å². The zero-order chi connectivity index (χ0) is 43.0. The SMILES string of the molecule is [2H]c1c(OC([2H])([2H])[2H])c(OC([2H])([2H])[2H])c([2H])c2c1C([2H])([2H])C([2H])([2H])N1C([2H])([2H])C([2H])(C([2H])([2H])C([2H])(C)C([2H])([2H])[2H])C(OC(=O)[C@@H](N)C(C)C)C([2H])([2H])C21[2H]. The van der Waals surface area contributed by atoms with Crippen molar-refractivity contribution in [1.82, 2.24) is 4.90 Å². The molecule has 2 heterocycles. The van der Waals surface area contributed by atoms with Crippen LogP contribution >= 0.6 is 0 Å². The predicted octanol–water partition coefficient (Wildman–Crippen LogP) is 3.56. The highest BCUT2D eigenvalue weighted by Gasteiger charge is 2.41. The molecule has 0 aromatic heterocycles. The molecule has 0 radical (unpaired) electrons. The van der Waals surface area contributed by atoms with Crippen molar-refractivity contribution in [3.8, 4) is 11.5 Å². The highest BCUT2D eigenvalue weighted by molar-refractivity contribution is 5.76. The Morgan fingerprint density at radius 1 is 1.43 bits per heavy atom. The standard InChI is InChI=1S/C24H38N2O4/c1-14(2)9-17-13-26-8-7-16-10-21(28-5)22(29-6)11-18(16)19(26)12-20(17)30-24(27)23(25)15(3)4/h10-11,14-15,17,19-20,23H,7-9,12-13,25H2,1-6H3/t17?,19?,20?,23-/m0/s1/i1D3,5D3,6D3,7D2,8D2,9D2,10D,11D,12D2,13D2,14D,17D,19D/t14?,17?,19?,20?,23-. The van der Waals surface area contributed by atoms with Gasteiger partial charge in [-0.2, -0.15) is 0 Å². The Labute approximate surface area is 214 Å². The second-order valence-electron chi connectivity index (χ2n) is 6.79. The molecular weight excluding hydrogens is 380 g/mol. The molecule has 1 fully saturated rings. The number of hydrogen-bond donors (Lipinski definition) is 1. The van der Waals surface area contributed by atoms with Crippen LogP contribution in [0.4, 0.5) is 0 Å². The van der Waals surface area contributed by atoms with Crippen molar-refractivity contribution in [1.29, 1.82) is 0 Å². The van der Waals surface area contributed by atoms with Gasteiger partial charge in [-0.1, -0.05) is 27.6 Å². The highest BCUT2D eigenvalue weighted by atomic mass is 16.5. The fraction of sp³-hybridized carbons (Fsp3) is 0.708. The van der Waals surface area contributed by atoms with Gasteiger partial charge in [0, 0.05) is 51.8 Å². The zero-order valence-electron chi connectivity index (χ0n) is 40.4. The van der Waals surface area contributed by atoms with Crippen LogP contribution < -0.4 is 15.2 Å². The molecule has 0 saturated carbocycles. The van der Waals surface area contributed by atoms with E-state index in [1.165, 1.54) is 13.8 Å². The summed E-state index contributed by atoms with van der Waals surface area (Å²) >= 11 is 0. The van der Waals surface area contributed by atoms with Gasteiger partial charge in [-0.15, -0.1) is 0 Å². The van der Waals surface area contributed by atoms with Crippen molar-refractivity contribution < 1.29 is 51.9 Å². The van der Waals surface area contributed by atoms with E-state index in [0.717, 1.165) is 0 Å². The largest absolute Gasteiger partial charge is 0.493 e. The molecular formula is C24H38N2O4. The van der Waals surface area contributed by atoms with E-state index < -0.39 is 134 Å². The summed E-state index contributed by atoms with van der Waals surface area (Å²) in [6, 6.07) is -9.27. The molecule has 2 aliphatic heterocycles. The van der Waals surface area contributed by atoms with Gasteiger partial charge in [-0.3, -0.25) is 9.69 Å². The smallest absolute Gasteiger partial charge is 0.323 e. The van der Waals surface area contributed by atoms with Crippen molar-refractivity contribution in [2.75, 3.05) is 27.1 Å². The lowest BCUT2D eigenvalue weighted by Gasteiger charge is -2.47. The number of nitrogens with two attached hydrogens (primary N) is 1. The molecule has 2 N–H and O–H groups in total. The van der Waals surface area contributed by atoms with Crippen LogP contribution in [-0.4, -0.2) is 50.1 Å². The van der Waals surface area contributed by atoms with Gasteiger partial charge >= 0.3 is 5.97 Å². The molecule has 2 aliphatic rings. The van der Waals surface area contributed by atoms with E-state index in [1.807, 2.05) is 0 Å². The van der Waals surface area contributed by atoms with Crippen LogP contribution in [0, 0.1) is 17.7 Å². The topological polar surface area (TPSA) is 74.0 Å². The summed E-state index contributed by atoms with van der Waals surface area (Å²) in [5, 5.41) is 0. The number of esters is 1. The first-order chi connectivity index (χ1) is 23.5. The van der Waals surface area contributed by atoms with Gasteiger partial charge in [0.25, 0.3) is 0 Å². The van der Waals surface area contributed by atoms with Crippen molar-refractivity contribution >= 4 is 5.97 Å². The number of nitrogens with zero attached hydrogens (tertiary/aromatic N) is 1. The van der Waals surface area contributed by atoms with E-state index >= 15 is 0 Å². The van der Waals surface area contributed by atoms with E-state index in [-0.39, 0.29) is 0 Å². The van der Waals surface area contributed by atoms with E-state index in [0.29, 0.717) is 6.92 Å². The molecule has 168 valence electrons. The van der Waals surface area contributed by atoms with Crippen LogP contribution in [0.25, 0.3) is 0 Å². The summed E-state index contributed by atoms with van der Waals surface area (Å²) in [6.07, 6.45) is -16.1. The van der Waals surface area contributed by atoms with Crippen LogP contribution in [0.15, 0.2) is 12.1 Å². The molecule has 0 amide bonds. The third kappa shape index (κ3) is 4.75. The van der Waals surface area contributed by atoms with Gasteiger partial charge in [-0.25, -0.2) is 0 Å². The molecule has 0 bridgehead atoms.